The van der Waals surface area contributed by atoms with E-state index in [1.165, 1.54) is 13.2 Å². The van der Waals surface area contributed by atoms with E-state index in [1.54, 1.807) is 35.3 Å². The number of benzene rings is 1. The maximum Gasteiger partial charge on any atom is 0.189 e. The molecule has 1 aromatic heterocycles. The van der Waals surface area contributed by atoms with Gasteiger partial charge in [-0.3, -0.25) is 9.48 Å². The number of ketones is 1. The fourth-order valence-electron chi connectivity index (χ4n) is 2.16. The molecular weight excluding hydrogens is 328 g/mol. The van der Waals surface area contributed by atoms with Crippen LogP contribution in [0, 0.1) is 0 Å². The highest BCUT2D eigenvalue weighted by Gasteiger charge is 2.11. The number of halogens is 1. The summed E-state index contributed by atoms with van der Waals surface area (Å²) in [5, 5.41) is 4.60. The molecule has 6 heteroatoms. The fourth-order valence-corrected chi connectivity index (χ4v) is 2.46. The summed E-state index contributed by atoms with van der Waals surface area (Å²) in [6, 6.07) is 3.73. The lowest BCUT2D eigenvalue weighted by molar-refractivity contribution is 0.104. The van der Waals surface area contributed by atoms with Crippen molar-refractivity contribution in [2.75, 3.05) is 13.7 Å². The van der Waals surface area contributed by atoms with E-state index in [0.717, 1.165) is 5.56 Å². The van der Waals surface area contributed by atoms with Crippen LogP contribution in [0.25, 0.3) is 6.08 Å². The number of nitrogens with zero attached hydrogens (tertiary/aromatic N) is 2. The topological polar surface area (TPSA) is 53.3 Å². The molecule has 0 atom stereocenters. The lowest BCUT2D eigenvalue weighted by atomic mass is 10.1. The zero-order valence-corrected chi connectivity index (χ0v) is 15.0. The molecule has 24 heavy (non-hydrogen) atoms. The van der Waals surface area contributed by atoms with Gasteiger partial charge in [0.25, 0.3) is 0 Å². The Bertz CT molecular complexity index is 751. The van der Waals surface area contributed by atoms with Gasteiger partial charge in [-0.05, 0) is 44.5 Å². The highest BCUT2D eigenvalue weighted by Crippen LogP contribution is 2.36. The Morgan fingerprint density at radius 2 is 2.17 bits per heavy atom. The van der Waals surface area contributed by atoms with E-state index in [9.17, 15) is 4.79 Å². The smallest absolute Gasteiger partial charge is 0.189 e. The van der Waals surface area contributed by atoms with E-state index >= 15 is 0 Å². The molecule has 5 nitrogen and oxygen atoms in total. The van der Waals surface area contributed by atoms with Crippen molar-refractivity contribution in [1.29, 1.82) is 0 Å². The number of aromatic nitrogens is 2. The third-order valence-electron chi connectivity index (χ3n) is 3.38. The second kappa shape index (κ2) is 8.02. The number of hydrogen-bond acceptors (Lipinski definition) is 4. The highest BCUT2D eigenvalue weighted by molar-refractivity contribution is 6.32. The second-order valence-corrected chi connectivity index (χ2v) is 5.87. The van der Waals surface area contributed by atoms with Gasteiger partial charge in [0.15, 0.2) is 17.3 Å². The van der Waals surface area contributed by atoms with Gasteiger partial charge < -0.3 is 9.47 Å². The molecule has 0 aliphatic heterocycles. The van der Waals surface area contributed by atoms with Crippen LogP contribution in [0.4, 0.5) is 0 Å². The second-order valence-electron chi connectivity index (χ2n) is 5.47. The molecule has 2 rings (SSSR count). The summed E-state index contributed by atoms with van der Waals surface area (Å²) in [5.41, 5.74) is 1.30. The molecule has 1 aromatic carbocycles. The fraction of sp³-hybridized carbons (Fsp3) is 0.333. The number of carbonyl (C=O) groups excluding carboxylic acids is 1. The highest BCUT2D eigenvalue weighted by atomic mass is 35.5. The number of ether oxygens (including phenoxy) is 2. The first-order valence-corrected chi connectivity index (χ1v) is 8.11. The van der Waals surface area contributed by atoms with Gasteiger partial charge in [-0.25, -0.2) is 0 Å². The van der Waals surface area contributed by atoms with Crippen LogP contribution in [0.2, 0.25) is 5.02 Å². The average Bonchev–Trinajstić information content (AvgIpc) is 3.03. The average molecular weight is 349 g/mol. The zero-order chi connectivity index (χ0) is 17.7. The Hall–Kier alpha value is -2.27. The number of hydrogen-bond donors (Lipinski definition) is 0. The summed E-state index contributed by atoms with van der Waals surface area (Å²) >= 11 is 6.20. The molecule has 0 aliphatic carbocycles. The van der Waals surface area contributed by atoms with Crippen LogP contribution in [0.3, 0.4) is 0 Å². The lowest BCUT2D eigenvalue weighted by Crippen LogP contribution is -2.00. The summed E-state index contributed by atoms with van der Waals surface area (Å²) in [5.74, 6) is 0.916. The quantitative estimate of drug-likeness (QED) is 0.549. The van der Waals surface area contributed by atoms with Crippen LogP contribution < -0.4 is 9.47 Å². The van der Waals surface area contributed by atoms with Crippen molar-refractivity contribution in [3.63, 3.8) is 0 Å². The zero-order valence-electron chi connectivity index (χ0n) is 14.2. The van der Waals surface area contributed by atoms with Crippen molar-refractivity contribution in [3.8, 4) is 11.5 Å². The van der Waals surface area contributed by atoms with E-state index in [-0.39, 0.29) is 11.8 Å². The van der Waals surface area contributed by atoms with Crippen LogP contribution in [-0.2, 0) is 0 Å². The first-order chi connectivity index (χ1) is 11.5. The monoisotopic (exact) mass is 348 g/mol. The van der Waals surface area contributed by atoms with Gasteiger partial charge in [0.2, 0.25) is 0 Å². The van der Waals surface area contributed by atoms with E-state index in [1.807, 2.05) is 20.8 Å². The Kier molecular flexibility index (Phi) is 6.04. The van der Waals surface area contributed by atoms with Gasteiger partial charge in [-0.2, -0.15) is 5.10 Å². The SMILES string of the molecule is CCOc1cc(C=CC(=O)c2cnn(C(C)C)c2)cc(Cl)c1OC. The first-order valence-electron chi connectivity index (χ1n) is 7.73. The summed E-state index contributed by atoms with van der Waals surface area (Å²) < 4.78 is 12.5. The number of allylic oxidation sites excluding steroid dienone is 1. The Balaban J connectivity index is 2.22. The lowest BCUT2D eigenvalue weighted by Gasteiger charge is -2.11. The molecule has 0 fully saturated rings. The molecule has 1 heterocycles. The molecule has 2 aromatic rings. The molecule has 0 aliphatic rings. The van der Waals surface area contributed by atoms with Crippen LogP contribution in [-0.4, -0.2) is 29.3 Å². The van der Waals surface area contributed by atoms with Gasteiger partial charge in [0.05, 0.1) is 30.5 Å². The van der Waals surface area contributed by atoms with Crippen LogP contribution >= 0.6 is 11.6 Å². The predicted octanol–water partition coefficient (Wildman–Crippen LogP) is 4.42. The van der Waals surface area contributed by atoms with Crippen molar-refractivity contribution in [3.05, 3.63) is 46.8 Å². The van der Waals surface area contributed by atoms with Gasteiger partial charge in [0, 0.05) is 12.2 Å². The molecule has 0 radical (unpaired) electrons. The molecule has 0 amide bonds. The Morgan fingerprint density at radius 3 is 2.75 bits per heavy atom. The summed E-state index contributed by atoms with van der Waals surface area (Å²) in [4.78, 5) is 12.2. The van der Waals surface area contributed by atoms with E-state index < -0.39 is 0 Å². The van der Waals surface area contributed by atoms with Gasteiger partial charge in [0.1, 0.15) is 0 Å². The third-order valence-corrected chi connectivity index (χ3v) is 3.66. The van der Waals surface area contributed by atoms with E-state index in [0.29, 0.717) is 28.7 Å². The molecule has 0 unspecified atom stereocenters. The Morgan fingerprint density at radius 1 is 1.42 bits per heavy atom. The standard InChI is InChI=1S/C18H21ClN2O3/c1-5-24-17-9-13(8-15(19)18(17)23-4)6-7-16(22)14-10-20-21(11-14)12(2)3/h6-12H,5H2,1-4H3. The minimum atomic E-state index is -0.119. The maximum absolute atomic E-state index is 12.2. The Labute approximate surface area is 146 Å². The van der Waals surface area contributed by atoms with E-state index in [4.69, 9.17) is 21.1 Å². The number of rotatable bonds is 7. The van der Waals surface area contributed by atoms with Crippen molar-refractivity contribution in [1.82, 2.24) is 9.78 Å². The summed E-state index contributed by atoms with van der Waals surface area (Å²) in [6.07, 6.45) is 6.50. The molecule has 0 saturated carbocycles. The molecular formula is C18H21ClN2O3. The number of carbonyl (C=O) groups is 1. The molecule has 128 valence electrons. The summed E-state index contributed by atoms with van der Waals surface area (Å²) in [7, 11) is 1.54. The van der Waals surface area contributed by atoms with Gasteiger partial charge >= 0.3 is 0 Å². The van der Waals surface area contributed by atoms with Crippen LogP contribution in [0.1, 0.15) is 42.7 Å². The van der Waals surface area contributed by atoms with Crippen molar-refractivity contribution in [2.24, 2.45) is 0 Å². The van der Waals surface area contributed by atoms with E-state index in [2.05, 4.69) is 5.10 Å². The molecule has 0 bridgehead atoms. The minimum absolute atomic E-state index is 0.119. The van der Waals surface area contributed by atoms with Crippen molar-refractivity contribution in [2.45, 2.75) is 26.8 Å². The minimum Gasteiger partial charge on any atom is -0.491 e. The third kappa shape index (κ3) is 4.17. The van der Waals surface area contributed by atoms with Gasteiger partial charge in [-0.15, -0.1) is 0 Å². The van der Waals surface area contributed by atoms with Crippen LogP contribution in [0.5, 0.6) is 11.5 Å². The first kappa shape index (κ1) is 18.1. The molecule has 0 spiro atoms. The normalized spacial score (nSPS) is 11.2. The summed E-state index contributed by atoms with van der Waals surface area (Å²) in [6.45, 7) is 6.39. The molecule has 0 N–H and O–H groups in total. The maximum atomic E-state index is 12.2. The van der Waals surface area contributed by atoms with Crippen LogP contribution in [0.15, 0.2) is 30.6 Å². The van der Waals surface area contributed by atoms with Gasteiger partial charge in [-0.1, -0.05) is 17.7 Å². The van der Waals surface area contributed by atoms with Crippen molar-refractivity contribution < 1.29 is 14.3 Å². The number of methoxy groups -OCH3 is 1. The molecule has 0 saturated heterocycles. The predicted molar refractivity (Wildman–Crippen MR) is 95.1 cm³/mol. The van der Waals surface area contributed by atoms with Crippen molar-refractivity contribution >= 4 is 23.5 Å². The largest absolute Gasteiger partial charge is 0.491 e.